The molecule has 2 aromatic carbocycles. The Hall–Kier alpha value is -1.88. The summed E-state index contributed by atoms with van der Waals surface area (Å²) in [6.45, 7) is 14.4. The number of aromatic hydroxyl groups is 1. The number of halogens is 1. The molecule has 1 heterocycles. The van der Waals surface area contributed by atoms with Gasteiger partial charge < -0.3 is 10.4 Å². The van der Waals surface area contributed by atoms with Crippen LogP contribution < -0.4 is 5.32 Å². The quantitative estimate of drug-likeness (QED) is 0.453. The molecule has 0 spiro atoms. The van der Waals surface area contributed by atoms with Crippen molar-refractivity contribution in [1.29, 1.82) is 0 Å². The average Bonchev–Trinajstić information content (AvgIpc) is 3.10. The van der Waals surface area contributed by atoms with Crippen LogP contribution in [0.2, 0.25) is 0 Å². The second-order valence-corrected chi connectivity index (χ2v) is 10.6. The summed E-state index contributed by atoms with van der Waals surface area (Å²) in [5.41, 5.74) is 4.97. The first-order valence-corrected chi connectivity index (χ1v) is 11.0. The van der Waals surface area contributed by atoms with Crippen LogP contribution in [0, 0.1) is 0 Å². The molecule has 2 N–H and O–H groups in total. The summed E-state index contributed by atoms with van der Waals surface area (Å²) < 4.78 is 0. The standard InChI is InChI=1S/C25H32N2OS.ClH/c1-24(2,3)19-12-18(13-20(23(19)28)25(4,5)6)21-16-29-22(27-21)15-26-14-17-10-8-7-9-11-17;/h7-13,16,26,28H,14-15H2,1-6H3;1H. The Balaban J connectivity index is 0.00000320. The second kappa shape index (κ2) is 9.51. The van der Waals surface area contributed by atoms with E-state index in [9.17, 15) is 5.11 Å². The maximum Gasteiger partial charge on any atom is 0.123 e. The lowest BCUT2D eigenvalue weighted by atomic mass is 9.78. The zero-order valence-corrected chi connectivity index (χ0v) is 20.4. The van der Waals surface area contributed by atoms with E-state index in [1.165, 1.54) is 5.56 Å². The molecule has 162 valence electrons. The third-order valence-electron chi connectivity index (χ3n) is 5.02. The van der Waals surface area contributed by atoms with Crippen molar-refractivity contribution in [3.05, 3.63) is 69.5 Å². The van der Waals surface area contributed by atoms with Gasteiger partial charge in [0.1, 0.15) is 10.8 Å². The SMILES string of the molecule is CC(C)(C)c1cc(-c2csc(CNCc3ccccc3)n2)cc(C(C)(C)C)c1O.Cl. The molecule has 0 saturated carbocycles. The molecule has 0 radical (unpaired) electrons. The Morgan fingerprint density at radius 2 is 1.47 bits per heavy atom. The molecule has 0 aliphatic rings. The number of nitrogens with zero attached hydrogens (tertiary/aromatic N) is 1. The van der Waals surface area contributed by atoms with E-state index < -0.39 is 0 Å². The van der Waals surface area contributed by atoms with Gasteiger partial charge in [0.15, 0.2) is 0 Å². The van der Waals surface area contributed by atoms with E-state index in [4.69, 9.17) is 4.98 Å². The monoisotopic (exact) mass is 444 g/mol. The van der Waals surface area contributed by atoms with Gasteiger partial charge in [0, 0.05) is 35.2 Å². The molecule has 0 fully saturated rings. The molecule has 3 nitrogen and oxygen atoms in total. The van der Waals surface area contributed by atoms with Gasteiger partial charge in [-0.3, -0.25) is 0 Å². The highest BCUT2D eigenvalue weighted by molar-refractivity contribution is 7.09. The lowest BCUT2D eigenvalue weighted by Gasteiger charge is -2.28. The third-order valence-corrected chi connectivity index (χ3v) is 5.87. The Bertz CT molecular complexity index is 934. The topological polar surface area (TPSA) is 45.2 Å². The smallest absolute Gasteiger partial charge is 0.123 e. The fourth-order valence-corrected chi connectivity index (χ4v) is 4.13. The van der Waals surface area contributed by atoms with E-state index in [1.807, 2.05) is 6.07 Å². The van der Waals surface area contributed by atoms with E-state index in [0.29, 0.717) is 5.75 Å². The molecular formula is C25H33ClN2OS. The maximum absolute atomic E-state index is 10.9. The number of rotatable bonds is 5. The Labute approximate surface area is 191 Å². The summed E-state index contributed by atoms with van der Waals surface area (Å²) in [6.07, 6.45) is 0. The first-order chi connectivity index (χ1) is 13.6. The number of thiazole rings is 1. The maximum atomic E-state index is 10.9. The average molecular weight is 445 g/mol. The Morgan fingerprint density at radius 1 is 0.900 bits per heavy atom. The van der Waals surface area contributed by atoms with Crippen LogP contribution in [0.5, 0.6) is 5.75 Å². The number of aromatic nitrogens is 1. The normalized spacial score (nSPS) is 11.9. The van der Waals surface area contributed by atoms with E-state index >= 15 is 0 Å². The predicted octanol–water partition coefficient (Wildman–Crippen LogP) is 6.82. The zero-order valence-electron chi connectivity index (χ0n) is 18.7. The van der Waals surface area contributed by atoms with Crippen molar-refractivity contribution in [3.63, 3.8) is 0 Å². The number of phenolic OH excluding ortho intramolecular Hbond substituents is 1. The van der Waals surface area contributed by atoms with Gasteiger partial charge in [0.2, 0.25) is 0 Å². The first kappa shape index (κ1) is 24.4. The van der Waals surface area contributed by atoms with Crippen LogP contribution in [0.1, 0.15) is 63.2 Å². The number of hydrogen-bond donors (Lipinski definition) is 2. The molecule has 30 heavy (non-hydrogen) atoms. The highest BCUT2D eigenvalue weighted by Gasteiger charge is 2.27. The molecular weight excluding hydrogens is 412 g/mol. The lowest BCUT2D eigenvalue weighted by Crippen LogP contribution is -2.17. The lowest BCUT2D eigenvalue weighted by molar-refractivity contribution is 0.423. The molecule has 1 aromatic heterocycles. The summed E-state index contributed by atoms with van der Waals surface area (Å²) in [4.78, 5) is 4.86. The van der Waals surface area contributed by atoms with Gasteiger partial charge in [-0.15, -0.1) is 23.7 Å². The van der Waals surface area contributed by atoms with Crippen molar-refractivity contribution in [3.8, 4) is 17.0 Å². The molecule has 5 heteroatoms. The number of nitrogens with one attached hydrogen (secondary N) is 1. The predicted molar refractivity (Wildman–Crippen MR) is 131 cm³/mol. The fourth-order valence-electron chi connectivity index (χ4n) is 3.36. The van der Waals surface area contributed by atoms with Gasteiger partial charge in [-0.25, -0.2) is 4.98 Å². The van der Waals surface area contributed by atoms with Crippen LogP contribution in [0.25, 0.3) is 11.3 Å². The summed E-state index contributed by atoms with van der Waals surface area (Å²) >= 11 is 1.67. The van der Waals surface area contributed by atoms with Gasteiger partial charge >= 0.3 is 0 Å². The molecule has 0 bridgehead atoms. The molecule has 0 aliphatic carbocycles. The van der Waals surface area contributed by atoms with Gasteiger partial charge in [-0.05, 0) is 28.5 Å². The van der Waals surface area contributed by atoms with Crippen molar-refractivity contribution >= 4 is 23.7 Å². The minimum absolute atomic E-state index is 0. The number of phenols is 1. The van der Waals surface area contributed by atoms with E-state index in [0.717, 1.165) is 40.5 Å². The Kier molecular flexibility index (Phi) is 7.73. The Morgan fingerprint density at radius 3 is 2.00 bits per heavy atom. The van der Waals surface area contributed by atoms with Crippen LogP contribution >= 0.6 is 23.7 Å². The molecule has 0 saturated heterocycles. The highest BCUT2D eigenvalue weighted by atomic mass is 35.5. The minimum atomic E-state index is -0.143. The summed E-state index contributed by atoms with van der Waals surface area (Å²) in [5.74, 6) is 0.411. The third kappa shape index (κ3) is 5.84. The van der Waals surface area contributed by atoms with E-state index in [-0.39, 0.29) is 23.2 Å². The molecule has 3 rings (SSSR count). The van der Waals surface area contributed by atoms with Gasteiger partial charge in [0.05, 0.1) is 5.69 Å². The largest absolute Gasteiger partial charge is 0.507 e. The zero-order chi connectivity index (χ0) is 21.2. The van der Waals surface area contributed by atoms with Crippen molar-refractivity contribution in [2.45, 2.75) is 65.5 Å². The number of benzene rings is 2. The molecule has 0 amide bonds. The molecule has 0 unspecified atom stereocenters. The van der Waals surface area contributed by atoms with Crippen molar-refractivity contribution in [1.82, 2.24) is 10.3 Å². The van der Waals surface area contributed by atoms with Crippen LogP contribution in [-0.2, 0) is 23.9 Å². The van der Waals surface area contributed by atoms with Crippen molar-refractivity contribution in [2.75, 3.05) is 0 Å². The summed E-state index contributed by atoms with van der Waals surface area (Å²) in [5, 5.41) is 17.6. The first-order valence-electron chi connectivity index (χ1n) is 10.1. The van der Waals surface area contributed by atoms with Crippen LogP contribution in [-0.4, -0.2) is 10.1 Å². The van der Waals surface area contributed by atoms with Crippen molar-refractivity contribution in [2.24, 2.45) is 0 Å². The van der Waals surface area contributed by atoms with Crippen LogP contribution in [0.4, 0.5) is 0 Å². The second-order valence-electron chi connectivity index (χ2n) is 9.64. The van der Waals surface area contributed by atoms with Crippen LogP contribution in [0.3, 0.4) is 0 Å². The fraction of sp³-hybridized carbons (Fsp3) is 0.400. The molecule has 0 atom stereocenters. The van der Waals surface area contributed by atoms with E-state index in [2.05, 4.69) is 88.6 Å². The molecule has 0 aliphatic heterocycles. The number of hydrogen-bond acceptors (Lipinski definition) is 4. The summed E-state index contributed by atoms with van der Waals surface area (Å²) in [6, 6.07) is 14.6. The minimum Gasteiger partial charge on any atom is -0.507 e. The summed E-state index contributed by atoms with van der Waals surface area (Å²) in [7, 11) is 0. The van der Waals surface area contributed by atoms with Crippen molar-refractivity contribution < 1.29 is 5.11 Å². The van der Waals surface area contributed by atoms with Gasteiger partial charge in [0.25, 0.3) is 0 Å². The highest BCUT2D eigenvalue weighted by Crippen LogP contribution is 2.42. The van der Waals surface area contributed by atoms with Crippen LogP contribution in [0.15, 0.2) is 47.8 Å². The molecule has 3 aromatic rings. The van der Waals surface area contributed by atoms with E-state index in [1.54, 1.807) is 11.3 Å². The van der Waals surface area contributed by atoms with Gasteiger partial charge in [-0.1, -0.05) is 71.9 Å². The van der Waals surface area contributed by atoms with Gasteiger partial charge in [-0.2, -0.15) is 0 Å².